The highest BCUT2D eigenvalue weighted by atomic mass is 16.5. The number of hydrogen-bond acceptors (Lipinski definition) is 3. The highest BCUT2D eigenvalue weighted by molar-refractivity contribution is 5.09. The van der Waals surface area contributed by atoms with E-state index >= 15 is 0 Å². The number of rotatable bonds is 14. The Bertz CT molecular complexity index is 249. The molecule has 0 fully saturated rings. The van der Waals surface area contributed by atoms with E-state index in [1.807, 2.05) is 6.08 Å². The Morgan fingerprint density at radius 3 is 2.30 bits per heavy atom. The molecule has 0 aromatic rings. The third kappa shape index (κ3) is 10.0. The number of ether oxygens (including phenoxy) is 2. The van der Waals surface area contributed by atoms with Gasteiger partial charge < -0.3 is 14.6 Å². The van der Waals surface area contributed by atoms with Gasteiger partial charge in [-0.2, -0.15) is 0 Å². The van der Waals surface area contributed by atoms with Gasteiger partial charge in [-0.3, -0.25) is 0 Å². The van der Waals surface area contributed by atoms with Crippen molar-refractivity contribution in [1.29, 1.82) is 0 Å². The molecule has 0 bridgehead atoms. The maximum Gasteiger partial charge on any atom is 0.105 e. The standard InChI is InChI=1S/C17H32O3/c1-4-7-9-12-19-15-16(11-6-3)17(14-18)20-13-10-8-5-2/h6,15,17-18H,3-5,7-14H2,1-2H3. The molecule has 0 rings (SSSR count). The summed E-state index contributed by atoms with van der Waals surface area (Å²) in [6.45, 7) is 9.48. The Balaban J connectivity index is 4.20. The van der Waals surface area contributed by atoms with E-state index in [1.165, 1.54) is 19.3 Å². The fraction of sp³-hybridized carbons (Fsp3) is 0.765. The molecule has 0 aliphatic carbocycles. The third-order valence-corrected chi connectivity index (χ3v) is 3.13. The van der Waals surface area contributed by atoms with Gasteiger partial charge in [0, 0.05) is 6.61 Å². The highest BCUT2D eigenvalue weighted by Crippen LogP contribution is 2.13. The molecule has 3 nitrogen and oxygen atoms in total. The smallest absolute Gasteiger partial charge is 0.105 e. The summed E-state index contributed by atoms with van der Waals surface area (Å²) >= 11 is 0. The monoisotopic (exact) mass is 284 g/mol. The lowest BCUT2D eigenvalue weighted by molar-refractivity contribution is 0.0302. The molecule has 0 amide bonds. The van der Waals surface area contributed by atoms with E-state index in [4.69, 9.17) is 9.47 Å². The minimum atomic E-state index is -0.268. The minimum Gasteiger partial charge on any atom is -0.501 e. The zero-order chi connectivity index (χ0) is 15.1. The molecule has 0 aliphatic heterocycles. The van der Waals surface area contributed by atoms with E-state index in [2.05, 4.69) is 20.4 Å². The predicted molar refractivity (Wildman–Crippen MR) is 84.7 cm³/mol. The van der Waals surface area contributed by atoms with Gasteiger partial charge in [-0.15, -0.1) is 6.58 Å². The number of allylic oxidation sites excluding steroid dienone is 1. The predicted octanol–water partition coefficient (Wildman–Crippen LogP) is 4.22. The number of aliphatic hydroxyl groups excluding tert-OH is 1. The molecular formula is C17H32O3. The van der Waals surface area contributed by atoms with E-state index in [1.54, 1.807) is 6.26 Å². The van der Waals surface area contributed by atoms with Crippen LogP contribution in [-0.2, 0) is 9.47 Å². The summed E-state index contributed by atoms with van der Waals surface area (Å²) in [4.78, 5) is 0. The minimum absolute atomic E-state index is 0.00980. The van der Waals surface area contributed by atoms with E-state index in [0.717, 1.165) is 31.4 Å². The maximum atomic E-state index is 9.46. The fourth-order valence-electron chi connectivity index (χ4n) is 1.88. The van der Waals surface area contributed by atoms with Crippen LogP contribution in [0.25, 0.3) is 0 Å². The first-order chi connectivity index (χ1) is 9.79. The van der Waals surface area contributed by atoms with E-state index in [-0.39, 0.29) is 12.7 Å². The molecule has 0 radical (unpaired) electrons. The van der Waals surface area contributed by atoms with Gasteiger partial charge in [0.15, 0.2) is 0 Å². The van der Waals surface area contributed by atoms with Crippen molar-refractivity contribution in [3.8, 4) is 0 Å². The van der Waals surface area contributed by atoms with Crippen LogP contribution in [0.4, 0.5) is 0 Å². The van der Waals surface area contributed by atoms with Crippen molar-refractivity contribution in [3.05, 3.63) is 24.5 Å². The summed E-state index contributed by atoms with van der Waals surface area (Å²) in [6.07, 6.45) is 10.8. The quantitative estimate of drug-likeness (QED) is 0.295. The molecule has 118 valence electrons. The third-order valence-electron chi connectivity index (χ3n) is 3.13. The van der Waals surface area contributed by atoms with Crippen LogP contribution < -0.4 is 0 Å². The second-order valence-corrected chi connectivity index (χ2v) is 5.01. The summed E-state index contributed by atoms with van der Waals surface area (Å²) in [5.41, 5.74) is 0.968. The van der Waals surface area contributed by atoms with Crippen LogP contribution >= 0.6 is 0 Å². The average molecular weight is 284 g/mol. The largest absolute Gasteiger partial charge is 0.501 e. The molecule has 0 saturated carbocycles. The molecule has 1 unspecified atom stereocenters. The Morgan fingerprint density at radius 2 is 1.75 bits per heavy atom. The summed E-state index contributed by atoms with van der Waals surface area (Å²) in [5, 5.41) is 9.46. The van der Waals surface area contributed by atoms with Crippen LogP contribution in [0, 0.1) is 0 Å². The first-order valence-corrected chi connectivity index (χ1v) is 7.93. The Kier molecular flexibility index (Phi) is 14.0. The average Bonchev–Trinajstić information content (AvgIpc) is 2.46. The van der Waals surface area contributed by atoms with Crippen molar-refractivity contribution in [2.24, 2.45) is 0 Å². The lowest BCUT2D eigenvalue weighted by Crippen LogP contribution is -2.21. The van der Waals surface area contributed by atoms with Crippen molar-refractivity contribution < 1.29 is 14.6 Å². The molecule has 0 aliphatic rings. The van der Waals surface area contributed by atoms with Crippen molar-refractivity contribution in [2.45, 2.75) is 64.9 Å². The van der Waals surface area contributed by atoms with Gasteiger partial charge in [0.2, 0.25) is 0 Å². The van der Waals surface area contributed by atoms with Gasteiger partial charge in [-0.25, -0.2) is 0 Å². The first-order valence-electron chi connectivity index (χ1n) is 7.93. The molecule has 3 heteroatoms. The van der Waals surface area contributed by atoms with Crippen LogP contribution in [0.15, 0.2) is 24.5 Å². The van der Waals surface area contributed by atoms with E-state index in [0.29, 0.717) is 13.0 Å². The molecule has 0 saturated heterocycles. The van der Waals surface area contributed by atoms with Gasteiger partial charge in [0.05, 0.1) is 19.5 Å². The lowest BCUT2D eigenvalue weighted by Gasteiger charge is -2.18. The number of unbranched alkanes of at least 4 members (excludes halogenated alkanes) is 4. The fourth-order valence-corrected chi connectivity index (χ4v) is 1.88. The van der Waals surface area contributed by atoms with Gasteiger partial charge in [-0.1, -0.05) is 45.6 Å². The summed E-state index contributed by atoms with van der Waals surface area (Å²) < 4.78 is 11.3. The molecule has 0 spiro atoms. The normalized spacial score (nSPS) is 13.2. The highest BCUT2D eigenvalue weighted by Gasteiger charge is 2.13. The zero-order valence-electron chi connectivity index (χ0n) is 13.3. The lowest BCUT2D eigenvalue weighted by atomic mass is 10.1. The molecule has 20 heavy (non-hydrogen) atoms. The Hall–Kier alpha value is -0.800. The topological polar surface area (TPSA) is 38.7 Å². The molecule has 1 N–H and O–H groups in total. The molecule has 0 aromatic heterocycles. The summed E-state index contributed by atoms with van der Waals surface area (Å²) in [6, 6.07) is 0. The zero-order valence-corrected chi connectivity index (χ0v) is 13.3. The second-order valence-electron chi connectivity index (χ2n) is 5.01. The first kappa shape index (κ1) is 19.2. The van der Waals surface area contributed by atoms with Crippen molar-refractivity contribution in [1.82, 2.24) is 0 Å². The maximum absolute atomic E-state index is 9.46. The molecular weight excluding hydrogens is 252 g/mol. The van der Waals surface area contributed by atoms with Crippen molar-refractivity contribution in [3.63, 3.8) is 0 Å². The summed E-state index contributed by atoms with van der Waals surface area (Å²) in [7, 11) is 0. The van der Waals surface area contributed by atoms with E-state index in [9.17, 15) is 5.11 Å². The SMILES string of the molecule is C=CCC(=COCCCCC)C(CO)OCCCCC. The van der Waals surface area contributed by atoms with Gasteiger partial charge in [-0.05, 0) is 24.8 Å². The van der Waals surface area contributed by atoms with Crippen LogP contribution in [0.2, 0.25) is 0 Å². The van der Waals surface area contributed by atoms with Gasteiger partial charge in [0.25, 0.3) is 0 Å². The van der Waals surface area contributed by atoms with E-state index < -0.39 is 0 Å². The second kappa shape index (κ2) is 14.6. The van der Waals surface area contributed by atoms with Gasteiger partial charge >= 0.3 is 0 Å². The van der Waals surface area contributed by atoms with Crippen LogP contribution in [0.5, 0.6) is 0 Å². The molecule has 0 heterocycles. The van der Waals surface area contributed by atoms with Crippen LogP contribution in [0.3, 0.4) is 0 Å². The van der Waals surface area contributed by atoms with Gasteiger partial charge in [0.1, 0.15) is 6.10 Å². The Morgan fingerprint density at radius 1 is 1.10 bits per heavy atom. The van der Waals surface area contributed by atoms with Crippen molar-refractivity contribution >= 4 is 0 Å². The number of hydrogen-bond donors (Lipinski definition) is 1. The number of aliphatic hydroxyl groups is 1. The Labute approximate surface area is 124 Å². The molecule has 1 atom stereocenters. The van der Waals surface area contributed by atoms with Crippen LogP contribution in [0.1, 0.15) is 58.8 Å². The van der Waals surface area contributed by atoms with Crippen LogP contribution in [-0.4, -0.2) is 31.0 Å². The van der Waals surface area contributed by atoms with Crippen molar-refractivity contribution in [2.75, 3.05) is 19.8 Å². The summed E-state index contributed by atoms with van der Waals surface area (Å²) in [5.74, 6) is 0. The molecule has 0 aromatic carbocycles.